The SMILES string of the molecule is O=c1c(Oc2ccc(Cl)cc2)c2sc3ccccc3nc-2c2ccccc12. The first kappa shape index (κ1) is 16.2. The van der Waals surface area contributed by atoms with Gasteiger partial charge in [0.15, 0.2) is 5.75 Å². The van der Waals surface area contributed by atoms with Crippen molar-refractivity contribution in [3.05, 3.63) is 88.0 Å². The number of hydrogen-bond donors (Lipinski definition) is 0. The van der Waals surface area contributed by atoms with Gasteiger partial charge in [0.25, 0.3) is 0 Å². The van der Waals surface area contributed by atoms with Gasteiger partial charge in [-0.25, -0.2) is 4.98 Å². The van der Waals surface area contributed by atoms with Crippen LogP contribution < -0.4 is 10.2 Å². The molecule has 1 aliphatic carbocycles. The van der Waals surface area contributed by atoms with Crippen LogP contribution in [-0.2, 0) is 0 Å². The van der Waals surface area contributed by atoms with Crippen molar-refractivity contribution in [3.8, 4) is 22.1 Å². The van der Waals surface area contributed by atoms with E-state index in [0.717, 1.165) is 26.2 Å². The van der Waals surface area contributed by atoms with E-state index in [-0.39, 0.29) is 5.43 Å². The average Bonchev–Trinajstić information content (AvgIpc) is 2.71. The first-order chi connectivity index (χ1) is 13.2. The summed E-state index contributed by atoms with van der Waals surface area (Å²) in [7, 11) is 0. The van der Waals surface area contributed by atoms with Crippen LogP contribution in [0.3, 0.4) is 0 Å². The van der Waals surface area contributed by atoms with Crippen LogP contribution in [0, 0.1) is 0 Å². The van der Waals surface area contributed by atoms with Gasteiger partial charge in [0.05, 0.1) is 15.9 Å². The molecule has 0 spiro atoms. The van der Waals surface area contributed by atoms with Crippen molar-refractivity contribution in [2.24, 2.45) is 0 Å². The Morgan fingerprint density at radius 1 is 0.852 bits per heavy atom. The Hall–Kier alpha value is -2.95. The van der Waals surface area contributed by atoms with E-state index in [1.807, 2.05) is 48.5 Å². The summed E-state index contributed by atoms with van der Waals surface area (Å²) in [6.45, 7) is 0. The fourth-order valence-electron chi connectivity index (χ4n) is 3.13. The van der Waals surface area contributed by atoms with Gasteiger partial charge in [-0.05, 0) is 36.4 Å². The molecule has 0 atom stereocenters. The molecule has 27 heavy (non-hydrogen) atoms. The van der Waals surface area contributed by atoms with E-state index < -0.39 is 0 Å². The third-order valence-electron chi connectivity index (χ3n) is 4.40. The monoisotopic (exact) mass is 389 g/mol. The lowest BCUT2D eigenvalue weighted by molar-refractivity contribution is 0.482. The number of rotatable bonds is 2. The van der Waals surface area contributed by atoms with E-state index >= 15 is 0 Å². The Labute approximate surface area is 163 Å². The summed E-state index contributed by atoms with van der Waals surface area (Å²) in [5.41, 5.74) is 1.54. The first-order valence-corrected chi connectivity index (χ1v) is 9.58. The molecule has 3 nitrogen and oxygen atoms in total. The van der Waals surface area contributed by atoms with Crippen LogP contribution in [0.4, 0.5) is 0 Å². The minimum atomic E-state index is -0.138. The minimum Gasteiger partial charge on any atom is -0.452 e. The molecular formula is C22H12ClNO2S. The molecule has 3 aromatic carbocycles. The smallest absolute Gasteiger partial charge is 0.230 e. The summed E-state index contributed by atoms with van der Waals surface area (Å²) in [4.78, 5) is 18.8. The molecule has 0 radical (unpaired) electrons. The van der Waals surface area contributed by atoms with Crippen molar-refractivity contribution in [1.29, 1.82) is 0 Å². The maximum atomic E-state index is 13.2. The number of hydrogen-bond acceptors (Lipinski definition) is 4. The van der Waals surface area contributed by atoms with Crippen LogP contribution >= 0.6 is 22.9 Å². The largest absolute Gasteiger partial charge is 0.452 e. The molecule has 0 unspecified atom stereocenters. The Morgan fingerprint density at radius 2 is 1.56 bits per heavy atom. The van der Waals surface area contributed by atoms with Gasteiger partial charge >= 0.3 is 0 Å². The highest BCUT2D eigenvalue weighted by Crippen LogP contribution is 2.41. The fourth-order valence-corrected chi connectivity index (χ4v) is 4.32. The number of benzene rings is 4. The van der Waals surface area contributed by atoms with Crippen molar-refractivity contribution < 1.29 is 4.74 Å². The van der Waals surface area contributed by atoms with Crippen LogP contribution in [0.1, 0.15) is 0 Å². The van der Waals surface area contributed by atoms with Crippen LogP contribution in [0.5, 0.6) is 11.5 Å². The first-order valence-electron chi connectivity index (χ1n) is 8.38. The molecule has 0 N–H and O–H groups in total. The minimum absolute atomic E-state index is 0.138. The van der Waals surface area contributed by atoms with Gasteiger partial charge in [0, 0.05) is 15.8 Å². The van der Waals surface area contributed by atoms with Gasteiger partial charge < -0.3 is 4.74 Å². The van der Waals surface area contributed by atoms with Crippen molar-refractivity contribution >= 4 is 43.9 Å². The number of fused-ring (bicyclic) bond motifs is 4. The highest BCUT2D eigenvalue weighted by Gasteiger charge is 2.22. The zero-order chi connectivity index (χ0) is 18.4. The van der Waals surface area contributed by atoms with Gasteiger partial charge in [-0.15, -0.1) is 11.3 Å². The summed E-state index contributed by atoms with van der Waals surface area (Å²) in [5, 5.41) is 2.05. The molecule has 1 aliphatic heterocycles. The summed E-state index contributed by atoms with van der Waals surface area (Å²) in [6.07, 6.45) is 0. The summed E-state index contributed by atoms with van der Waals surface area (Å²) in [5.74, 6) is 0.864. The quantitative estimate of drug-likeness (QED) is 0.260. The van der Waals surface area contributed by atoms with E-state index in [2.05, 4.69) is 0 Å². The molecule has 130 valence electrons. The topological polar surface area (TPSA) is 39.2 Å². The Morgan fingerprint density at radius 3 is 2.37 bits per heavy atom. The maximum Gasteiger partial charge on any atom is 0.230 e. The standard InChI is InChI=1S/C22H12ClNO2S/c23-13-9-11-14(12-10-13)26-21-20(25)16-6-2-1-5-15(16)19-22(21)27-18-8-4-3-7-17(18)24-19/h1-12H. The second-order valence-electron chi connectivity index (χ2n) is 6.12. The molecule has 5 rings (SSSR count). The van der Waals surface area contributed by atoms with E-state index in [1.165, 1.54) is 11.3 Å². The number of aromatic nitrogens is 1. The second-order valence-corrected chi connectivity index (χ2v) is 7.61. The van der Waals surface area contributed by atoms with Crippen LogP contribution in [0.2, 0.25) is 5.02 Å². The Balaban J connectivity index is 1.87. The van der Waals surface area contributed by atoms with E-state index in [1.54, 1.807) is 24.3 Å². The number of para-hydroxylation sites is 1. The van der Waals surface area contributed by atoms with E-state index in [0.29, 0.717) is 21.9 Å². The van der Waals surface area contributed by atoms with E-state index in [9.17, 15) is 4.79 Å². The summed E-state index contributed by atoms with van der Waals surface area (Å²) >= 11 is 7.47. The molecule has 0 aromatic heterocycles. The normalized spacial score (nSPS) is 11.3. The molecule has 0 saturated heterocycles. The van der Waals surface area contributed by atoms with Crippen LogP contribution in [0.15, 0.2) is 77.6 Å². The number of halogens is 1. The molecule has 0 fully saturated rings. The third kappa shape index (κ3) is 2.74. The molecule has 1 heterocycles. The van der Waals surface area contributed by atoms with Gasteiger partial charge in [-0.1, -0.05) is 48.0 Å². The molecule has 3 aromatic rings. The van der Waals surface area contributed by atoms with Gasteiger partial charge in [-0.3, -0.25) is 4.79 Å². The Kier molecular flexibility index (Phi) is 3.81. The molecule has 0 amide bonds. The maximum absolute atomic E-state index is 13.2. The summed E-state index contributed by atoms with van der Waals surface area (Å²) in [6, 6.07) is 22.4. The molecule has 5 heteroatoms. The van der Waals surface area contributed by atoms with E-state index in [4.69, 9.17) is 21.3 Å². The van der Waals surface area contributed by atoms with Gasteiger partial charge in [0.2, 0.25) is 5.43 Å². The predicted molar refractivity (Wildman–Crippen MR) is 112 cm³/mol. The fraction of sp³-hybridized carbons (Fsp3) is 0. The molecule has 0 bridgehead atoms. The lowest BCUT2D eigenvalue weighted by atomic mass is 10.0. The van der Waals surface area contributed by atoms with Crippen molar-refractivity contribution in [2.75, 3.05) is 0 Å². The third-order valence-corrected chi connectivity index (χ3v) is 5.80. The van der Waals surface area contributed by atoms with Gasteiger partial charge in [-0.2, -0.15) is 0 Å². The molecular weight excluding hydrogens is 378 g/mol. The zero-order valence-corrected chi connectivity index (χ0v) is 15.6. The van der Waals surface area contributed by atoms with Crippen molar-refractivity contribution in [1.82, 2.24) is 4.98 Å². The summed E-state index contributed by atoms with van der Waals surface area (Å²) < 4.78 is 7.03. The highest BCUT2D eigenvalue weighted by molar-refractivity contribution is 7.21. The highest BCUT2D eigenvalue weighted by atomic mass is 35.5. The van der Waals surface area contributed by atoms with Crippen molar-refractivity contribution in [3.63, 3.8) is 0 Å². The lowest BCUT2D eigenvalue weighted by Crippen LogP contribution is -2.09. The second kappa shape index (κ2) is 6.34. The number of ether oxygens (including phenoxy) is 1. The molecule has 0 saturated carbocycles. The predicted octanol–water partition coefficient (Wildman–Crippen LogP) is 6.36. The van der Waals surface area contributed by atoms with Crippen LogP contribution in [0.25, 0.3) is 31.6 Å². The van der Waals surface area contributed by atoms with Crippen LogP contribution in [-0.4, -0.2) is 4.98 Å². The Bertz CT molecular complexity index is 1330. The molecule has 2 aliphatic rings. The average molecular weight is 390 g/mol. The number of nitrogens with zero attached hydrogens (tertiary/aromatic N) is 1. The van der Waals surface area contributed by atoms with Gasteiger partial charge in [0.1, 0.15) is 10.6 Å². The lowest BCUT2D eigenvalue weighted by Gasteiger charge is -2.15. The zero-order valence-electron chi connectivity index (χ0n) is 14.0. The van der Waals surface area contributed by atoms with Crippen molar-refractivity contribution in [2.45, 2.75) is 0 Å².